The minimum absolute atomic E-state index is 0.285. The van der Waals surface area contributed by atoms with Gasteiger partial charge >= 0.3 is 0 Å². The van der Waals surface area contributed by atoms with Crippen molar-refractivity contribution in [2.24, 2.45) is 5.73 Å². The maximum Gasteiger partial charge on any atom is 0.226 e. The normalized spacial score (nSPS) is 18.6. The molecular formula is C18H25N3O2. The standard InChI is InChI=1S/C18H25N3O2/c1-11-8-17(22-4)12(2)7-15(11)18-20-16(13(3)23-18)10-21-6-5-14(19)9-21/h7-8,14H,5-6,9-10,19H2,1-4H3. The van der Waals surface area contributed by atoms with Crippen molar-refractivity contribution >= 4 is 0 Å². The van der Waals surface area contributed by atoms with E-state index in [1.807, 2.05) is 19.9 Å². The van der Waals surface area contributed by atoms with E-state index in [1.54, 1.807) is 7.11 Å². The molecule has 5 nitrogen and oxygen atoms in total. The van der Waals surface area contributed by atoms with Crippen LogP contribution in [0.5, 0.6) is 5.75 Å². The molecule has 1 atom stereocenters. The van der Waals surface area contributed by atoms with Crippen LogP contribution in [0.1, 0.15) is 29.0 Å². The molecule has 1 aromatic heterocycles. The number of hydrogen-bond acceptors (Lipinski definition) is 5. The molecule has 1 aliphatic heterocycles. The topological polar surface area (TPSA) is 64.5 Å². The molecule has 3 rings (SSSR count). The number of rotatable bonds is 4. The molecule has 1 aliphatic rings. The zero-order valence-electron chi connectivity index (χ0n) is 14.3. The summed E-state index contributed by atoms with van der Waals surface area (Å²) in [6.07, 6.45) is 1.06. The van der Waals surface area contributed by atoms with Crippen molar-refractivity contribution in [1.29, 1.82) is 0 Å². The maximum atomic E-state index is 5.98. The first-order chi connectivity index (χ1) is 11.0. The highest BCUT2D eigenvalue weighted by molar-refractivity contribution is 5.62. The lowest BCUT2D eigenvalue weighted by atomic mass is 10.0. The number of nitrogens with two attached hydrogens (primary N) is 1. The fourth-order valence-electron chi connectivity index (χ4n) is 3.15. The lowest BCUT2D eigenvalue weighted by Crippen LogP contribution is -2.26. The summed E-state index contributed by atoms with van der Waals surface area (Å²) < 4.78 is 11.3. The van der Waals surface area contributed by atoms with Gasteiger partial charge in [-0.15, -0.1) is 0 Å². The monoisotopic (exact) mass is 315 g/mol. The predicted octanol–water partition coefficient (Wildman–Crippen LogP) is 2.81. The van der Waals surface area contributed by atoms with Crippen molar-refractivity contribution in [3.8, 4) is 17.2 Å². The van der Waals surface area contributed by atoms with Gasteiger partial charge in [-0.05, 0) is 50.5 Å². The van der Waals surface area contributed by atoms with Crippen molar-refractivity contribution in [2.45, 2.75) is 39.8 Å². The third-order valence-corrected chi connectivity index (χ3v) is 4.55. The molecular weight excluding hydrogens is 290 g/mol. The van der Waals surface area contributed by atoms with Crippen LogP contribution in [0.3, 0.4) is 0 Å². The lowest BCUT2D eigenvalue weighted by Gasteiger charge is -2.13. The summed E-state index contributed by atoms with van der Waals surface area (Å²) in [4.78, 5) is 7.07. The van der Waals surface area contributed by atoms with Gasteiger partial charge in [0.25, 0.3) is 0 Å². The van der Waals surface area contributed by atoms with E-state index in [1.165, 1.54) is 0 Å². The van der Waals surface area contributed by atoms with Crippen molar-refractivity contribution in [1.82, 2.24) is 9.88 Å². The maximum absolute atomic E-state index is 5.98. The summed E-state index contributed by atoms with van der Waals surface area (Å²) >= 11 is 0. The van der Waals surface area contributed by atoms with E-state index in [0.29, 0.717) is 5.89 Å². The first kappa shape index (κ1) is 16.0. The van der Waals surface area contributed by atoms with Gasteiger partial charge in [0, 0.05) is 31.2 Å². The molecule has 1 fully saturated rings. The molecule has 23 heavy (non-hydrogen) atoms. The fourth-order valence-corrected chi connectivity index (χ4v) is 3.15. The predicted molar refractivity (Wildman–Crippen MR) is 90.6 cm³/mol. The number of nitrogens with zero attached hydrogens (tertiary/aromatic N) is 2. The van der Waals surface area contributed by atoms with Gasteiger partial charge in [-0.1, -0.05) is 0 Å². The molecule has 1 saturated heterocycles. The molecule has 0 aliphatic carbocycles. The number of ether oxygens (including phenoxy) is 1. The Labute approximate surface area is 137 Å². The molecule has 1 aromatic carbocycles. The summed E-state index contributed by atoms with van der Waals surface area (Å²) in [6, 6.07) is 4.39. The third kappa shape index (κ3) is 3.26. The number of methoxy groups -OCH3 is 1. The van der Waals surface area contributed by atoms with Gasteiger partial charge in [-0.3, -0.25) is 4.90 Å². The lowest BCUT2D eigenvalue weighted by molar-refractivity contribution is 0.321. The molecule has 2 N–H and O–H groups in total. The van der Waals surface area contributed by atoms with E-state index in [2.05, 4.69) is 17.9 Å². The van der Waals surface area contributed by atoms with Crippen LogP contribution in [-0.4, -0.2) is 36.1 Å². The Balaban J connectivity index is 1.87. The summed E-state index contributed by atoms with van der Waals surface area (Å²) in [5.41, 5.74) is 10.2. The molecule has 0 radical (unpaired) electrons. The highest BCUT2D eigenvalue weighted by Crippen LogP contribution is 2.31. The Bertz CT molecular complexity index is 709. The van der Waals surface area contributed by atoms with Crippen LogP contribution < -0.4 is 10.5 Å². The summed E-state index contributed by atoms with van der Waals surface area (Å²) in [6.45, 7) is 8.83. The zero-order valence-corrected chi connectivity index (χ0v) is 14.3. The van der Waals surface area contributed by atoms with Crippen molar-refractivity contribution < 1.29 is 9.15 Å². The van der Waals surface area contributed by atoms with Crippen LogP contribution in [0.2, 0.25) is 0 Å². The number of hydrogen-bond donors (Lipinski definition) is 1. The van der Waals surface area contributed by atoms with Gasteiger partial charge in [0.15, 0.2) is 0 Å². The van der Waals surface area contributed by atoms with Gasteiger partial charge in [0.05, 0.1) is 12.8 Å². The Kier molecular flexibility index (Phi) is 4.41. The Morgan fingerprint density at radius 1 is 1.30 bits per heavy atom. The second kappa shape index (κ2) is 6.34. The molecule has 0 spiro atoms. The second-order valence-corrected chi connectivity index (χ2v) is 6.44. The van der Waals surface area contributed by atoms with Crippen molar-refractivity contribution in [3.05, 3.63) is 34.7 Å². The molecule has 2 aromatic rings. The first-order valence-electron chi connectivity index (χ1n) is 8.07. The summed E-state index contributed by atoms with van der Waals surface area (Å²) in [7, 11) is 1.69. The minimum atomic E-state index is 0.285. The summed E-state index contributed by atoms with van der Waals surface area (Å²) in [5, 5.41) is 0. The Morgan fingerprint density at radius 3 is 2.74 bits per heavy atom. The number of aryl methyl sites for hydroxylation is 3. The van der Waals surface area contributed by atoms with Crippen molar-refractivity contribution in [3.63, 3.8) is 0 Å². The fraction of sp³-hybridized carbons (Fsp3) is 0.500. The van der Waals surface area contributed by atoms with Crippen LogP contribution in [-0.2, 0) is 6.54 Å². The second-order valence-electron chi connectivity index (χ2n) is 6.44. The van der Waals surface area contributed by atoms with Gasteiger partial charge in [0.1, 0.15) is 11.5 Å². The third-order valence-electron chi connectivity index (χ3n) is 4.55. The van der Waals surface area contributed by atoms with E-state index in [0.717, 1.165) is 59.9 Å². The number of likely N-dealkylation sites (tertiary alicyclic amines) is 1. The number of benzene rings is 1. The van der Waals surface area contributed by atoms with Crippen LogP contribution >= 0.6 is 0 Å². The number of aromatic nitrogens is 1. The Morgan fingerprint density at radius 2 is 2.09 bits per heavy atom. The van der Waals surface area contributed by atoms with Crippen LogP contribution in [0, 0.1) is 20.8 Å². The van der Waals surface area contributed by atoms with Gasteiger partial charge < -0.3 is 14.9 Å². The first-order valence-corrected chi connectivity index (χ1v) is 8.07. The highest BCUT2D eigenvalue weighted by atomic mass is 16.5. The van der Waals surface area contributed by atoms with Gasteiger partial charge in [0.2, 0.25) is 5.89 Å². The zero-order chi connectivity index (χ0) is 16.6. The Hall–Kier alpha value is -1.85. The van der Waals surface area contributed by atoms with Crippen LogP contribution in [0.25, 0.3) is 11.5 Å². The SMILES string of the molecule is COc1cc(C)c(-c2nc(CN3CCC(N)C3)c(C)o2)cc1C. The largest absolute Gasteiger partial charge is 0.496 e. The molecule has 0 bridgehead atoms. The van der Waals surface area contributed by atoms with E-state index >= 15 is 0 Å². The smallest absolute Gasteiger partial charge is 0.226 e. The summed E-state index contributed by atoms with van der Waals surface area (Å²) in [5.74, 6) is 2.46. The average molecular weight is 315 g/mol. The van der Waals surface area contributed by atoms with Gasteiger partial charge in [-0.2, -0.15) is 0 Å². The van der Waals surface area contributed by atoms with E-state index in [4.69, 9.17) is 19.9 Å². The van der Waals surface area contributed by atoms with E-state index in [-0.39, 0.29) is 6.04 Å². The van der Waals surface area contributed by atoms with Crippen LogP contribution in [0.15, 0.2) is 16.5 Å². The van der Waals surface area contributed by atoms with Crippen molar-refractivity contribution in [2.75, 3.05) is 20.2 Å². The average Bonchev–Trinajstić information content (AvgIpc) is 3.08. The minimum Gasteiger partial charge on any atom is -0.496 e. The molecule has 1 unspecified atom stereocenters. The van der Waals surface area contributed by atoms with Crippen LogP contribution in [0.4, 0.5) is 0 Å². The molecule has 124 valence electrons. The highest BCUT2D eigenvalue weighted by Gasteiger charge is 2.22. The molecule has 2 heterocycles. The molecule has 0 amide bonds. The molecule has 0 saturated carbocycles. The van der Waals surface area contributed by atoms with Gasteiger partial charge in [-0.25, -0.2) is 4.98 Å². The number of oxazole rings is 1. The van der Waals surface area contributed by atoms with E-state index < -0.39 is 0 Å². The quantitative estimate of drug-likeness (QED) is 0.940. The molecule has 5 heteroatoms. The van der Waals surface area contributed by atoms with E-state index in [9.17, 15) is 0 Å².